The SMILES string of the molecule is CNC(c1cc(C)ccc1Br)c1cccc2cnccc12. The highest BCUT2D eigenvalue weighted by Crippen LogP contribution is 2.32. The van der Waals surface area contributed by atoms with Gasteiger partial charge >= 0.3 is 0 Å². The number of aromatic nitrogens is 1. The zero-order valence-electron chi connectivity index (χ0n) is 12.1. The molecule has 0 aliphatic rings. The highest BCUT2D eigenvalue weighted by atomic mass is 79.9. The first-order chi connectivity index (χ1) is 10.2. The van der Waals surface area contributed by atoms with Crippen LogP contribution >= 0.6 is 15.9 Å². The van der Waals surface area contributed by atoms with E-state index in [9.17, 15) is 0 Å². The molecule has 0 bridgehead atoms. The highest BCUT2D eigenvalue weighted by molar-refractivity contribution is 9.10. The molecular weight excluding hydrogens is 324 g/mol. The molecule has 0 amide bonds. The van der Waals surface area contributed by atoms with Crippen LogP contribution < -0.4 is 5.32 Å². The maximum absolute atomic E-state index is 4.21. The van der Waals surface area contributed by atoms with E-state index < -0.39 is 0 Å². The van der Waals surface area contributed by atoms with Crippen LogP contribution in [0.25, 0.3) is 10.8 Å². The van der Waals surface area contributed by atoms with Crippen LogP contribution in [-0.2, 0) is 0 Å². The number of benzene rings is 2. The van der Waals surface area contributed by atoms with Crippen LogP contribution in [0.3, 0.4) is 0 Å². The molecule has 3 heteroatoms. The lowest BCUT2D eigenvalue weighted by Crippen LogP contribution is -2.18. The average Bonchev–Trinajstić information content (AvgIpc) is 2.51. The van der Waals surface area contributed by atoms with E-state index in [4.69, 9.17) is 0 Å². The fraction of sp³-hybridized carbons (Fsp3) is 0.167. The van der Waals surface area contributed by atoms with Gasteiger partial charge in [-0.25, -0.2) is 0 Å². The van der Waals surface area contributed by atoms with Crippen molar-refractivity contribution in [1.82, 2.24) is 10.3 Å². The van der Waals surface area contributed by atoms with Gasteiger partial charge in [-0.2, -0.15) is 0 Å². The summed E-state index contributed by atoms with van der Waals surface area (Å²) in [4.78, 5) is 4.21. The van der Waals surface area contributed by atoms with E-state index in [0.29, 0.717) is 0 Å². The van der Waals surface area contributed by atoms with Gasteiger partial charge < -0.3 is 5.32 Å². The Morgan fingerprint density at radius 2 is 1.95 bits per heavy atom. The highest BCUT2D eigenvalue weighted by Gasteiger charge is 2.17. The number of hydrogen-bond acceptors (Lipinski definition) is 2. The molecule has 0 radical (unpaired) electrons. The van der Waals surface area contributed by atoms with Gasteiger partial charge in [0.05, 0.1) is 6.04 Å². The van der Waals surface area contributed by atoms with Crippen molar-refractivity contribution in [3.05, 3.63) is 76.0 Å². The van der Waals surface area contributed by atoms with Crippen molar-refractivity contribution in [2.45, 2.75) is 13.0 Å². The smallest absolute Gasteiger partial charge is 0.0591 e. The van der Waals surface area contributed by atoms with E-state index in [0.717, 1.165) is 4.47 Å². The molecule has 0 saturated carbocycles. The van der Waals surface area contributed by atoms with Gasteiger partial charge in [0.1, 0.15) is 0 Å². The molecule has 21 heavy (non-hydrogen) atoms. The van der Waals surface area contributed by atoms with Gasteiger partial charge in [-0.15, -0.1) is 0 Å². The Balaban J connectivity index is 2.21. The average molecular weight is 341 g/mol. The summed E-state index contributed by atoms with van der Waals surface area (Å²) in [5.41, 5.74) is 3.78. The van der Waals surface area contributed by atoms with Crippen LogP contribution in [0.1, 0.15) is 22.7 Å². The first kappa shape index (κ1) is 14.2. The van der Waals surface area contributed by atoms with Crippen molar-refractivity contribution >= 4 is 26.7 Å². The quantitative estimate of drug-likeness (QED) is 0.752. The van der Waals surface area contributed by atoms with Gasteiger partial charge in [-0.05, 0) is 42.6 Å². The predicted octanol–water partition coefficient (Wildman–Crippen LogP) is 4.61. The lowest BCUT2D eigenvalue weighted by molar-refractivity contribution is 0.693. The van der Waals surface area contributed by atoms with Crippen LogP contribution in [0, 0.1) is 6.92 Å². The first-order valence-corrected chi connectivity index (χ1v) is 7.76. The van der Waals surface area contributed by atoms with Gasteiger partial charge in [0.2, 0.25) is 0 Å². The second kappa shape index (κ2) is 5.96. The number of halogens is 1. The number of fused-ring (bicyclic) bond motifs is 1. The van der Waals surface area contributed by atoms with Gasteiger partial charge in [0.25, 0.3) is 0 Å². The molecule has 3 aromatic rings. The van der Waals surface area contributed by atoms with E-state index in [1.807, 2.05) is 19.4 Å². The Hall–Kier alpha value is -1.71. The number of pyridine rings is 1. The van der Waals surface area contributed by atoms with E-state index >= 15 is 0 Å². The molecule has 1 atom stereocenters. The molecule has 0 fully saturated rings. The summed E-state index contributed by atoms with van der Waals surface area (Å²) in [6.07, 6.45) is 3.76. The maximum Gasteiger partial charge on any atom is 0.0591 e. The summed E-state index contributed by atoms with van der Waals surface area (Å²) in [5, 5.41) is 5.85. The van der Waals surface area contributed by atoms with Crippen LogP contribution in [0.5, 0.6) is 0 Å². The summed E-state index contributed by atoms with van der Waals surface area (Å²) in [6.45, 7) is 2.12. The van der Waals surface area contributed by atoms with Crippen LogP contribution in [-0.4, -0.2) is 12.0 Å². The molecule has 106 valence electrons. The number of nitrogens with zero attached hydrogens (tertiary/aromatic N) is 1. The minimum absolute atomic E-state index is 0.144. The summed E-state index contributed by atoms with van der Waals surface area (Å²) in [6, 6.07) is 15.1. The topological polar surface area (TPSA) is 24.9 Å². The van der Waals surface area contributed by atoms with Crippen molar-refractivity contribution in [1.29, 1.82) is 0 Å². The molecule has 0 aliphatic heterocycles. The second-order valence-electron chi connectivity index (χ2n) is 5.19. The molecule has 1 heterocycles. The molecule has 2 aromatic carbocycles. The first-order valence-electron chi connectivity index (χ1n) is 6.96. The van der Waals surface area contributed by atoms with E-state index in [-0.39, 0.29) is 6.04 Å². The van der Waals surface area contributed by atoms with E-state index in [1.165, 1.54) is 27.5 Å². The Bertz CT molecular complexity index is 778. The molecule has 3 rings (SSSR count). The normalized spacial score (nSPS) is 12.5. The Morgan fingerprint density at radius 1 is 1.10 bits per heavy atom. The number of aryl methyl sites for hydroxylation is 1. The molecule has 0 spiro atoms. The van der Waals surface area contributed by atoms with Crippen LogP contribution in [0.2, 0.25) is 0 Å². The lowest BCUT2D eigenvalue weighted by Gasteiger charge is -2.21. The fourth-order valence-corrected chi connectivity index (χ4v) is 3.24. The van der Waals surface area contributed by atoms with Crippen LogP contribution in [0.15, 0.2) is 59.3 Å². The van der Waals surface area contributed by atoms with E-state index in [1.54, 1.807) is 0 Å². The van der Waals surface area contributed by atoms with Gasteiger partial charge in [-0.3, -0.25) is 4.98 Å². The van der Waals surface area contributed by atoms with Gasteiger partial charge in [0, 0.05) is 22.3 Å². The lowest BCUT2D eigenvalue weighted by atomic mass is 9.94. The van der Waals surface area contributed by atoms with Crippen molar-refractivity contribution in [3.8, 4) is 0 Å². The molecule has 1 N–H and O–H groups in total. The Labute approximate surface area is 133 Å². The number of nitrogens with one attached hydrogen (secondary N) is 1. The standard InChI is InChI=1S/C18H17BrN2/c1-12-6-7-17(19)16(10-12)18(20-2)15-5-3-4-13-11-21-9-8-14(13)15/h3-11,18,20H,1-2H3. The van der Waals surface area contributed by atoms with Gasteiger partial charge in [0.15, 0.2) is 0 Å². The number of rotatable bonds is 3. The molecule has 1 unspecified atom stereocenters. The molecular formula is C18H17BrN2. The largest absolute Gasteiger partial charge is 0.309 e. The second-order valence-corrected chi connectivity index (χ2v) is 6.05. The summed E-state index contributed by atoms with van der Waals surface area (Å²) < 4.78 is 1.12. The van der Waals surface area contributed by atoms with Crippen molar-refractivity contribution in [3.63, 3.8) is 0 Å². The van der Waals surface area contributed by atoms with Crippen molar-refractivity contribution < 1.29 is 0 Å². The molecule has 0 aliphatic carbocycles. The van der Waals surface area contributed by atoms with E-state index in [2.05, 4.69) is 75.6 Å². The third-order valence-electron chi connectivity index (χ3n) is 3.78. The zero-order chi connectivity index (χ0) is 14.8. The molecule has 2 nitrogen and oxygen atoms in total. The summed E-state index contributed by atoms with van der Waals surface area (Å²) in [5.74, 6) is 0. The van der Waals surface area contributed by atoms with Crippen LogP contribution in [0.4, 0.5) is 0 Å². The zero-order valence-corrected chi connectivity index (χ0v) is 13.7. The monoisotopic (exact) mass is 340 g/mol. The molecule has 0 saturated heterocycles. The van der Waals surface area contributed by atoms with Crippen molar-refractivity contribution in [2.75, 3.05) is 7.05 Å². The third-order valence-corrected chi connectivity index (χ3v) is 4.50. The number of hydrogen-bond donors (Lipinski definition) is 1. The minimum atomic E-state index is 0.144. The maximum atomic E-state index is 4.21. The van der Waals surface area contributed by atoms with Gasteiger partial charge in [-0.1, -0.05) is 51.8 Å². The summed E-state index contributed by atoms with van der Waals surface area (Å²) in [7, 11) is 2.00. The Morgan fingerprint density at radius 3 is 2.76 bits per heavy atom. The Kier molecular flexibility index (Phi) is 4.04. The van der Waals surface area contributed by atoms with Crippen molar-refractivity contribution in [2.24, 2.45) is 0 Å². The predicted molar refractivity (Wildman–Crippen MR) is 91.5 cm³/mol. The third kappa shape index (κ3) is 2.71. The minimum Gasteiger partial charge on any atom is -0.309 e. The fourth-order valence-electron chi connectivity index (χ4n) is 2.76. The summed E-state index contributed by atoms with van der Waals surface area (Å²) >= 11 is 3.68. The molecule has 1 aromatic heterocycles.